The van der Waals surface area contributed by atoms with Crippen LogP contribution in [0.4, 0.5) is 0 Å². The van der Waals surface area contributed by atoms with Gasteiger partial charge < -0.3 is 0 Å². The average molecular weight is 506 g/mol. The van der Waals surface area contributed by atoms with E-state index in [4.69, 9.17) is 3.07 Å². The van der Waals surface area contributed by atoms with E-state index >= 15 is 0 Å². The van der Waals surface area contributed by atoms with Crippen molar-refractivity contribution >= 4 is 26.2 Å². The standard InChI is InChI=1S/C26H35IO2/c1-2-3-4-5-6-7-8-9-10-11-12-15-22-18-20-23(21-19-22)27-25-17-14-13-16-24(25)26(28)29-27/h13-14,16-21H,2-12,15H2,1H3. The first-order chi connectivity index (χ1) is 14.3. The Hall–Kier alpha value is -1.36. The van der Waals surface area contributed by atoms with Gasteiger partial charge in [-0.05, 0) is 0 Å². The Labute approximate surface area is 184 Å². The van der Waals surface area contributed by atoms with Gasteiger partial charge in [0.1, 0.15) is 0 Å². The third-order valence-corrected chi connectivity index (χ3v) is 10.3. The molecule has 0 radical (unpaired) electrons. The van der Waals surface area contributed by atoms with Gasteiger partial charge in [0.05, 0.1) is 0 Å². The van der Waals surface area contributed by atoms with Crippen molar-refractivity contribution in [2.45, 2.75) is 84.0 Å². The van der Waals surface area contributed by atoms with Crippen LogP contribution in [0.3, 0.4) is 0 Å². The second-order valence-corrected chi connectivity index (χ2v) is 12.3. The summed E-state index contributed by atoms with van der Waals surface area (Å²) in [6.45, 7) is 2.28. The zero-order valence-electron chi connectivity index (χ0n) is 17.8. The maximum absolute atomic E-state index is 12.1. The molecule has 3 heteroatoms. The Morgan fingerprint density at radius 2 is 1.31 bits per heavy atom. The van der Waals surface area contributed by atoms with Crippen LogP contribution in [0.1, 0.15) is 93.5 Å². The zero-order chi connectivity index (χ0) is 20.3. The van der Waals surface area contributed by atoms with Gasteiger partial charge in [0.2, 0.25) is 0 Å². The molecular formula is C26H35IO2. The number of rotatable bonds is 13. The van der Waals surface area contributed by atoms with E-state index < -0.39 is 20.2 Å². The summed E-state index contributed by atoms with van der Waals surface area (Å²) in [7, 11) is 0. The second-order valence-electron chi connectivity index (χ2n) is 8.01. The zero-order valence-corrected chi connectivity index (χ0v) is 20.0. The van der Waals surface area contributed by atoms with Crippen LogP contribution in [0.5, 0.6) is 0 Å². The van der Waals surface area contributed by atoms with E-state index in [9.17, 15) is 4.79 Å². The fourth-order valence-electron chi connectivity index (χ4n) is 3.85. The summed E-state index contributed by atoms with van der Waals surface area (Å²) in [5.74, 6) is -0.143. The van der Waals surface area contributed by atoms with E-state index in [-0.39, 0.29) is 5.97 Å². The van der Waals surface area contributed by atoms with Gasteiger partial charge >= 0.3 is 152 Å². The Kier molecular flexibility index (Phi) is 9.52. The van der Waals surface area contributed by atoms with E-state index in [0.29, 0.717) is 0 Å². The number of halogens is 1. The van der Waals surface area contributed by atoms with Gasteiger partial charge in [-0.1, -0.05) is 32.6 Å². The number of unbranched alkanes of at least 4 members (excludes halogenated alkanes) is 10. The van der Waals surface area contributed by atoms with E-state index in [0.717, 1.165) is 15.6 Å². The quantitative estimate of drug-likeness (QED) is 0.202. The molecule has 0 aliphatic carbocycles. The fraction of sp³-hybridized carbons (Fsp3) is 0.500. The third kappa shape index (κ3) is 6.84. The number of hydrogen-bond acceptors (Lipinski definition) is 2. The van der Waals surface area contributed by atoms with Crippen LogP contribution in [0.2, 0.25) is 0 Å². The van der Waals surface area contributed by atoms with Gasteiger partial charge in [-0.2, -0.15) is 0 Å². The van der Waals surface area contributed by atoms with Gasteiger partial charge in [0.15, 0.2) is 0 Å². The first kappa shape index (κ1) is 22.3. The fourth-order valence-corrected chi connectivity index (χ4v) is 8.12. The molecule has 0 atom stereocenters. The van der Waals surface area contributed by atoms with E-state index in [1.165, 1.54) is 79.8 Å². The first-order valence-corrected chi connectivity index (χ1v) is 14.4. The molecule has 1 aliphatic rings. The molecule has 1 aliphatic heterocycles. The number of carbonyl (C=O) groups is 1. The Bertz CT molecular complexity index is 754. The van der Waals surface area contributed by atoms with Gasteiger partial charge in [-0.25, -0.2) is 0 Å². The molecule has 0 fully saturated rings. The van der Waals surface area contributed by atoms with Crippen molar-refractivity contribution in [3.8, 4) is 0 Å². The van der Waals surface area contributed by atoms with Crippen LogP contribution in [0.25, 0.3) is 0 Å². The molecule has 0 bridgehead atoms. The van der Waals surface area contributed by atoms with Crippen molar-refractivity contribution in [2.24, 2.45) is 0 Å². The van der Waals surface area contributed by atoms with Crippen molar-refractivity contribution in [3.05, 3.63) is 66.8 Å². The van der Waals surface area contributed by atoms with Crippen molar-refractivity contribution < 1.29 is 7.86 Å². The Morgan fingerprint density at radius 3 is 1.97 bits per heavy atom. The molecule has 0 N–H and O–H groups in total. The molecule has 0 aromatic heterocycles. The maximum atomic E-state index is 12.1. The topological polar surface area (TPSA) is 26.3 Å². The molecule has 2 nitrogen and oxygen atoms in total. The summed E-state index contributed by atoms with van der Waals surface area (Å²) in [6.07, 6.45) is 16.4. The van der Waals surface area contributed by atoms with Crippen molar-refractivity contribution in [2.75, 3.05) is 0 Å². The van der Waals surface area contributed by atoms with E-state index in [1.807, 2.05) is 18.2 Å². The van der Waals surface area contributed by atoms with Crippen LogP contribution in [0.15, 0.2) is 48.5 Å². The molecule has 1 heterocycles. The first-order valence-electron chi connectivity index (χ1n) is 11.4. The van der Waals surface area contributed by atoms with Gasteiger partial charge in [0.25, 0.3) is 0 Å². The number of aryl methyl sites for hydroxylation is 1. The molecule has 0 unspecified atom stereocenters. The molecular weight excluding hydrogens is 471 g/mol. The average Bonchev–Trinajstić information content (AvgIpc) is 3.09. The van der Waals surface area contributed by atoms with E-state index in [1.54, 1.807) is 0 Å². The molecule has 0 spiro atoms. The van der Waals surface area contributed by atoms with Crippen LogP contribution in [-0.2, 0) is 9.49 Å². The molecule has 2 aromatic carbocycles. The SMILES string of the molecule is CCCCCCCCCCCCCc1ccc(I2OC(=O)c3ccccc32)cc1. The number of carbonyl (C=O) groups excluding carboxylic acids is 1. The summed E-state index contributed by atoms with van der Waals surface area (Å²) in [4.78, 5) is 12.1. The van der Waals surface area contributed by atoms with Crippen LogP contribution in [-0.4, -0.2) is 5.97 Å². The minimum absolute atomic E-state index is 0.143. The number of fused-ring (bicyclic) bond motifs is 1. The van der Waals surface area contributed by atoms with Crippen LogP contribution < -0.4 is 0 Å². The summed E-state index contributed by atoms with van der Waals surface area (Å²) in [5, 5.41) is 0. The Morgan fingerprint density at radius 1 is 0.724 bits per heavy atom. The molecule has 29 heavy (non-hydrogen) atoms. The summed E-state index contributed by atoms with van der Waals surface area (Å²) >= 11 is -2.03. The monoisotopic (exact) mass is 506 g/mol. The minimum atomic E-state index is -2.03. The van der Waals surface area contributed by atoms with Crippen LogP contribution >= 0.6 is 20.2 Å². The van der Waals surface area contributed by atoms with Gasteiger partial charge in [-0.15, -0.1) is 0 Å². The van der Waals surface area contributed by atoms with Gasteiger partial charge in [0, 0.05) is 0 Å². The number of hydrogen-bond donors (Lipinski definition) is 0. The molecule has 158 valence electrons. The van der Waals surface area contributed by atoms with Crippen molar-refractivity contribution in [1.82, 2.24) is 0 Å². The molecule has 3 rings (SSSR count). The molecule has 0 saturated heterocycles. The second kappa shape index (κ2) is 12.4. The summed E-state index contributed by atoms with van der Waals surface area (Å²) < 4.78 is 8.10. The van der Waals surface area contributed by atoms with E-state index in [2.05, 4.69) is 37.3 Å². The molecule has 2 aromatic rings. The predicted molar refractivity (Wildman–Crippen MR) is 130 cm³/mol. The molecule has 0 amide bonds. The van der Waals surface area contributed by atoms with Gasteiger partial charge in [-0.3, -0.25) is 0 Å². The molecule has 0 saturated carbocycles. The predicted octanol–water partition coefficient (Wildman–Crippen LogP) is 8.17. The third-order valence-electron chi connectivity index (χ3n) is 5.61. The Balaban J connectivity index is 1.32. The summed E-state index contributed by atoms with van der Waals surface area (Å²) in [5.41, 5.74) is 2.17. The normalized spacial score (nSPS) is 14.1. The summed E-state index contributed by atoms with van der Waals surface area (Å²) in [6, 6.07) is 16.7. The number of benzene rings is 2. The van der Waals surface area contributed by atoms with Crippen molar-refractivity contribution in [3.63, 3.8) is 0 Å². The van der Waals surface area contributed by atoms with Crippen molar-refractivity contribution in [1.29, 1.82) is 0 Å². The van der Waals surface area contributed by atoms with Crippen LogP contribution in [0, 0.1) is 7.14 Å².